The van der Waals surface area contributed by atoms with Crippen LogP contribution >= 0.6 is 0 Å². The molecule has 0 aromatic carbocycles. The first-order chi connectivity index (χ1) is 18.8. The summed E-state index contributed by atoms with van der Waals surface area (Å²) in [6, 6.07) is 1.05. The van der Waals surface area contributed by atoms with Crippen molar-refractivity contribution in [3.63, 3.8) is 0 Å². The Morgan fingerprint density at radius 1 is 1.10 bits per heavy atom. The van der Waals surface area contributed by atoms with Gasteiger partial charge in [-0.2, -0.15) is 13.2 Å². The van der Waals surface area contributed by atoms with Crippen LogP contribution in [0.1, 0.15) is 36.1 Å². The molecule has 210 valence electrons. The Balaban J connectivity index is 1.24. The summed E-state index contributed by atoms with van der Waals surface area (Å²) in [6.45, 7) is 3.65. The van der Waals surface area contributed by atoms with Crippen molar-refractivity contribution >= 4 is 17.9 Å². The molecule has 0 bridgehead atoms. The van der Waals surface area contributed by atoms with Gasteiger partial charge in [0, 0.05) is 31.8 Å². The largest absolute Gasteiger partial charge is 0.481 e. The molecule has 10 nitrogen and oxygen atoms in total. The fraction of sp³-hybridized carbons (Fsp3) is 0.577. The van der Waals surface area contributed by atoms with Gasteiger partial charge in [-0.15, -0.1) is 0 Å². The van der Waals surface area contributed by atoms with E-state index in [2.05, 4.69) is 19.9 Å². The van der Waals surface area contributed by atoms with Gasteiger partial charge in [0.2, 0.25) is 17.7 Å². The summed E-state index contributed by atoms with van der Waals surface area (Å²) in [5, 5.41) is 0. The van der Waals surface area contributed by atoms with Crippen molar-refractivity contribution in [3.8, 4) is 11.8 Å². The number of aromatic nitrogens is 3. The highest BCUT2D eigenvalue weighted by molar-refractivity contribution is 5.79. The van der Waals surface area contributed by atoms with Crippen LogP contribution in [0, 0.1) is 5.92 Å². The van der Waals surface area contributed by atoms with Gasteiger partial charge in [0.05, 0.1) is 49.9 Å². The quantitative estimate of drug-likeness (QED) is 0.483. The Labute approximate surface area is 224 Å². The van der Waals surface area contributed by atoms with Gasteiger partial charge >= 0.3 is 6.18 Å². The summed E-state index contributed by atoms with van der Waals surface area (Å²) >= 11 is 0. The second-order valence-corrected chi connectivity index (χ2v) is 10.1. The van der Waals surface area contributed by atoms with Crippen LogP contribution in [0.25, 0.3) is 0 Å². The number of ether oxygens (including phenoxy) is 2. The number of anilines is 1. The van der Waals surface area contributed by atoms with Gasteiger partial charge in [0.1, 0.15) is 24.3 Å². The number of hydrogen-bond acceptors (Lipinski definition) is 9. The summed E-state index contributed by atoms with van der Waals surface area (Å²) in [4.78, 5) is 42.1. The number of pyridine rings is 1. The lowest BCUT2D eigenvalue weighted by atomic mass is 9.95. The van der Waals surface area contributed by atoms with E-state index in [0.717, 1.165) is 56.7 Å². The Morgan fingerprint density at radius 3 is 2.62 bits per heavy atom. The zero-order valence-corrected chi connectivity index (χ0v) is 21.7. The van der Waals surface area contributed by atoms with Crippen molar-refractivity contribution in [2.24, 2.45) is 5.92 Å². The Kier molecular flexibility index (Phi) is 7.87. The molecule has 0 N–H and O–H groups in total. The third-order valence-corrected chi connectivity index (χ3v) is 7.67. The Bertz CT molecular complexity index is 1200. The Hall–Kier alpha value is -3.48. The number of amides is 1. The van der Waals surface area contributed by atoms with E-state index in [1.165, 1.54) is 12.5 Å². The van der Waals surface area contributed by atoms with E-state index in [9.17, 15) is 22.8 Å². The number of halogens is 3. The van der Waals surface area contributed by atoms with Gasteiger partial charge in [0.25, 0.3) is 0 Å². The van der Waals surface area contributed by atoms with Crippen LogP contribution < -0.4 is 14.4 Å². The van der Waals surface area contributed by atoms with Crippen molar-refractivity contribution < 1.29 is 32.2 Å². The lowest BCUT2D eigenvalue weighted by Crippen LogP contribution is -2.42. The summed E-state index contributed by atoms with van der Waals surface area (Å²) in [5.74, 6) is -0.00603. The van der Waals surface area contributed by atoms with E-state index >= 15 is 0 Å². The van der Waals surface area contributed by atoms with E-state index < -0.39 is 17.6 Å². The van der Waals surface area contributed by atoms with Crippen LogP contribution in [0.15, 0.2) is 18.6 Å². The number of piperidine rings is 1. The van der Waals surface area contributed by atoms with Crippen LogP contribution in [-0.2, 0) is 28.7 Å². The highest BCUT2D eigenvalue weighted by Crippen LogP contribution is 2.38. The lowest BCUT2D eigenvalue weighted by Gasteiger charge is -2.32. The molecule has 0 radical (unpaired) electrons. The fourth-order valence-corrected chi connectivity index (χ4v) is 5.53. The van der Waals surface area contributed by atoms with E-state index in [4.69, 9.17) is 9.47 Å². The smallest absolute Gasteiger partial charge is 0.421 e. The number of methoxy groups -OCH3 is 1. The zero-order chi connectivity index (χ0) is 27.6. The minimum Gasteiger partial charge on any atom is -0.481 e. The van der Waals surface area contributed by atoms with Crippen molar-refractivity contribution in [3.05, 3.63) is 35.4 Å². The lowest BCUT2D eigenvalue weighted by molar-refractivity contribution is -0.139. The molecule has 39 heavy (non-hydrogen) atoms. The van der Waals surface area contributed by atoms with Crippen molar-refractivity contribution in [1.82, 2.24) is 24.8 Å². The number of aldehydes is 1. The van der Waals surface area contributed by atoms with E-state index in [-0.39, 0.29) is 24.5 Å². The van der Waals surface area contributed by atoms with Crippen LogP contribution in [0.2, 0.25) is 0 Å². The molecular weight excluding hydrogens is 517 g/mol. The molecule has 1 amide bonds. The highest BCUT2D eigenvalue weighted by atomic mass is 19.4. The molecule has 0 spiro atoms. The first-order valence-corrected chi connectivity index (χ1v) is 13.1. The number of nitrogens with zero attached hydrogens (tertiary/aromatic N) is 6. The third-order valence-electron chi connectivity index (χ3n) is 7.67. The van der Waals surface area contributed by atoms with Gasteiger partial charge in [0.15, 0.2) is 0 Å². The maximum absolute atomic E-state index is 13.5. The number of likely N-dealkylation sites (tertiary alicyclic amines) is 2. The fourth-order valence-electron chi connectivity index (χ4n) is 5.53. The molecule has 5 heterocycles. The topological polar surface area (TPSA) is 101 Å². The molecule has 13 heteroatoms. The van der Waals surface area contributed by atoms with Crippen LogP contribution in [0.5, 0.6) is 11.8 Å². The molecule has 2 aromatic rings. The van der Waals surface area contributed by atoms with Crippen molar-refractivity contribution in [2.45, 2.75) is 44.5 Å². The summed E-state index contributed by atoms with van der Waals surface area (Å²) in [7, 11) is 1.16. The van der Waals surface area contributed by atoms with E-state index in [0.29, 0.717) is 50.6 Å². The van der Waals surface area contributed by atoms with Gasteiger partial charge in [-0.25, -0.2) is 15.0 Å². The second-order valence-electron chi connectivity index (χ2n) is 10.1. The molecule has 1 unspecified atom stereocenters. The number of rotatable bonds is 7. The van der Waals surface area contributed by atoms with E-state index in [1.54, 1.807) is 4.90 Å². The summed E-state index contributed by atoms with van der Waals surface area (Å²) in [5.41, 5.74) is 0.904. The molecule has 3 aliphatic heterocycles. The predicted octanol–water partition coefficient (Wildman–Crippen LogP) is 2.35. The first-order valence-electron chi connectivity index (χ1n) is 13.1. The number of alkyl halides is 3. The normalized spacial score (nSPS) is 20.6. The number of carbonyl (C=O) groups is 2. The molecule has 0 saturated carbocycles. The molecule has 2 saturated heterocycles. The molecule has 5 rings (SSSR count). The third kappa shape index (κ3) is 5.92. The monoisotopic (exact) mass is 548 g/mol. The van der Waals surface area contributed by atoms with E-state index in [1.807, 2.05) is 4.90 Å². The summed E-state index contributed by atoms with van der Waals surface area (Å²) in [6.07, 6.45) is 1.51. The maximum atomic E-state index is 13.5. The average molecular weight is 549 g/mol. The predicted molar refractivity (Wildman–Crippen MR) is 133 cm³/mol. The van der Waals surface area contributed by atoms with Crippen LogP contribution in [0.3, 0.4) is 0 Å². The molecule has 3 aliphatic rings. The van der Waals surface area contributed by atoms with Crippen molar-refractivity contribution in [2.75, 3.05) is 51.3 Å². The van der Waals surface area contributed by atoms with Gasteiger partial charge < -0.3 is 24.1 Å². The molecule has 1 atom stereocenters. The summed E-state index contributed by atoms with van der Waals surface area (Å²) < 4.78 is 51.7. The zero-order valence-electron chi connectivity index (χ0n) is 21.7. The van der Waals surface area contributed by atoms with Crippen LogP contribution in [0.4, 0.5) is 18.9 Å². The molecule has 2 fully saturated rings. The van der Waals surface area contributed by atoms with Crippen LogP contribution in [-0.4, -0.2) is 89.4 Å². The van der Waals surface area contributed by atoms with Gasteiger partial charge in [-0.1, -0.05) is 0 Å². The van der Waals surface area contributed by atoms with Gasteiger partial charge in [-0.3, -0.25) is 9.69 Å². The second kappa shape index (κ2) is 11.3. The SMILES string of the molecule is COc1ncc(N2CCc3ncnc(OC4CCN(C(=O)C5CCN(CC=O)CC5)C4)c3C2)cc1C(F)(F)F. The average Bonchev–Trinajstić information content (AvgIpc) is 3.41. The first kappa shape index (κ1) is 27.1. The van der Waals surface area contributed by atoms with Crippen molar-refractivity contribution in [1.29, 1.82) is 0 Å². The molecule has 0 aliphatic carbocycles. The minimum atomic E-state index is -4.60. The number of fused-ring (bicyclic) bond motifs is 1. The number of carbonyl (C=O) groups excluding carboxylic acids is 2. The molecule has 2 aromatic heterocycles. The number of hydrogen-bond donors (Lipinski definition) is 0. The van der Waals surface area contributed by atoms with Gasteiger partial charge in [-0.05, 0) is 32.0 Å². The highest BCUT2D eigenvalue weighted by Gasteiger charge is 2.37. The standard InChI is InChI=1S/C26H31F3N6O4/c1-38-24-21(26(27,28)29)12-18(13-30-24)34-9-5-22-20(15-34)23(32-16-31-22)39-19-4-8-35(14-19)25(37)17-2-6-33(7-3-17)10-11-36/h11-13,16-17,19H,2-10,14-15H2,1H3. The maximum Gasteiger partial charge on any atom is 0.421 e. The minimum absolute atomic E-state index is 0.0493. The Morgan fingerprint density at radius 2 is 1.90 bits per heavy atom. The molecular formula is C26H31F3N6O4.